The maximum absolute atomic E-state index is 5.28. The molecule has 0 aliphatic rings. The molecule has 0 amide bonds. The van der Waals surface area contributed by atoms with Gasteiger partial charge < -0.3 is 9.47 Å². The summed E-state index contributed by atoms with van der Waals surface area (Å²) in [5.74, 6) is 1.72. The summed E-state index contributed by atoms with van der Waals surface area (Å²) in [7, 11) is 2.65. The van der Waals surface area contributed by atoms with Crippen LogP contribution in [0.15, 0.2) is 66.9 Å². The van der Waals surface area contributed by atoms with Crippen LogP contribution >= 0.6 is 7.92 Å². The molecule has 0 atom stereocenters. The Hall–Kier alpha value is -2.38. The Morgan fingerprint density at radius 1 is 0.750 bits per heavy atom. The highest BCUT2D eigenvalue weighted by Gasteiger charge is 2.18. The van der Waals surface area contributed by atoms with Gasteiger partial charge >= 0.3 is 0 Å². The monoisotopic (exact) mass is 337 g/mol. The normalized spacial score (nSPS) is 10.7. The molecular weight excluding hydrogens is 317 g/mol. The zero-order chi connectivity index (χ0) is 16.9. The van der Waals surface area contributed by atoms with Crippen LogP contribution in [0, 0.1) is 6.92 Å². The fraction of sp³-hybridized carbons (Fsp3) is 0.150. The summed E-state index contributed by atoms with van der Waals surface area (Å²) < 4.78 is 10.6. The number of ether oxygens (including phenoxy) is 2. The average Bonchev–Trinajstić information content (AvgIpc) is 2.63. The van der Waals surface area contributed by atoms with Crippen molar-refractivity contribution in [2.75, 3.05) is 14.2 Å². The van der Waals surface area contributed by atoms with Crippen LogP contribution in [-0.2, 0) is 0 Å². The molecule has 3 aromatic rings. The van der Waals surface area contributed by atoms with Gasteiger partial charge in [0.05, 0.1) is 19.7 Å². The second-order valence-corrected chi connectivity index (χ2v) is 7.58. The van der Waals surface area contributed by atoms with Crippen LogP contribution in [0.25, 0.3) is 0 Å². The van der Waals surface area contributed by atoms with Crippen molar-refractivity contribution in [2.24, 2.45) is 0 Å². The molecule has 0 bridgehead atoms. The lowest BCUT2D eigenvalue weighted by atomic mass is 10.3. The van der Waals surface area contributed by atoms with Crippen LogP contribution in [0.2, 0.25) is 0 Å². The standard InChI is InChI=1S/C20H20NO2P/c1-15-12-13-21-20(14-15)24(18-8-4-16(22-2)5-9-18)19-10-6-17(23-3)7-11-19/h4-14H,1-3H3. The minimum Gasteiger partial charge on any atom is -0.497 e. The summed E-state index contributed by atoms with van der Waals surface area (Å²) in [6.45, 7) is 2.10. The first-order valence-electron chi connectivity index (χ1n) is 7.72. The third kappa shape index (κ3) is 3.58. The van der Waals surface area contributed by atoms with Crippen LogP contribution in [-0.4, -0.2) is 19.2 Å². The number of benzene rings is 2. The topological polar surface area (TPSA) is 31.4 Å². The molecule has 0 fully saturated rings. The van der Waals surface area contributed by atoms with Crippen molar-refractivity contribution in [3.8, 4) is 11.5 Å². The first kappa shape index (κ1) is 16.5. The Labute approximate surface area is 144 Å². The number of nitrogens with zero attached hydrogens (tertiary/aromatic N) is 1. The van der Waals surface area contributed by atoms with Crippen LogP contribution < -0.4 is 25.5 Å². The lowest BCUT2D eigenvalue weighted by molar-refractivity contribution is 0.415. The maximum atomic E-state index is 5.28. The molecule has 0 saturated heterocycles. The molecular formula is C20H20NO2P. The van der Waals surface area contributed by atoms with Crippen LogP contribution in [0.1, 0.15) is 5.56 Å². The van der Waals surface area contributed by atoms with E-state index in [0.717, 1.165) is 16.9 Å². The maximum Gasteiger partial charge on any atom is 0.118 e. The summed E-state index contributed by atoms with van der Waals surface area (Å²) >= 11 is 0. The molecule has 1 heterocycles. The molecule has 4 heteroatoms. The molecule has 3 rings (SSSR count). The van der Waals surface area contributed by atoms with Crippen LogP contribution in [0.3, 0.4) is 0 Å². The van der Waals surface area contributed by atoms with Crippen molar-refractivity contribution in [1.82, 2.24) is 4.98 Å². The molecule has 0 spiro atoms. The van der Waals surface area contributed by atoms with E-state index in [1.54, 1.807) is 14.2 Å². The summed E-state index contributed by atoms with van der Waals surface area (Å²) in [5.41, 5.74) is 2.31. The van der Waals surface area contributed by atoms with Gasteiger partial charge in [-0.25, -0.2) is 0 Å². The fourth-order valence-corrected chi connectivity index (χ4v) is 4.76. The van der Waals surface area contributed by atoms with E-state index in [-0.39, 0.29) is 0 Å². The van der Waals surface area contributed by atoms with Gasteiger partial charge in [-0.2, -0.15) is 0 Å². The van der Waals surface area contributed by atoms with Crippen molar-refractivity contribution >= 4 is 24.0 Å². The number of rotatable bonds is 5. The van der Waals surface area contributed by atoms with Crippen molar-refractivity contribution < 1.29 is 9.47 Å². The number of aromatic nitrogens is 1. The molecule has 0 saturated carbocycles. The minimum absolute atomic E-state index is 0.719. The average molecular weight is 337 g/mol. The van der Waals surface area contributed by atoms with Crippen molar-refractivity contribution in [3.63, 3.8) is 0 Å². The molecule has 1 aromatic heterocycles. The number of pyridine rings is 1. The van der Waals surface area contributed by atoms with E-state index in [4.69, 9.17) is 9.47 Å². The lowest BCUT2D eigenvalue weighted by Gasteiger charge is -2.19. The van der Waals surface area contributed by atoms with Crippen molar-refractivity contribution in [1.29, 1.82) is 0 Å². The highest BCUT2D eigenvalue weighted by Crippen LogP contribution is 2.33. The van der Waals surface area contributed by atoms with Gasteiger partial charge in [0.2, 0.25) is 0 Å². The summed E-state index contributed by atoms with van der Waals surface area (Å²) in [6.07, 6.45) is 1.88. The smallest absolute Gasteiger partial charge is 0.118 e. The first-order valence-corrected chi connectivity index (χ1v) is 9.06. The quantitative estimate of drug-likeness (QED) is 0.670. The largest absolute Gasteiger partial charge is 0.497 e. The van der Waals surface area contributed by atoms with Gasteiger partial charge in [0.15, 0.2) is 0 Å². The van der Waals surface area contributed by atoms with Gasteiger partial charge in [-0.1, -0.05) is 24.3 Å². The fourth-order valence-electron chi connectivity index (χ4n) is 2.52. The van der Waals surface area contributed by atoms with Gasteiger partial charge in [0, 0.05) is 14.1 Å². The number of aryl methyl sites for hydroxylation is 1. The molecule has 0 N–H and O–H groups in total. The minimum atomic E-state index is -0.719. The SMILES string of the molecule is COc1ccc(P(c2ccc(OC)cc2)c2cc(C)ccn2)cc1. The predicted molar refractivity (Wildman–Crippen MR) is 101 cm³/mol. The van der Waals surface area contributed by atoms with E-state index in [0.29, 0.717) is 0 Å². The third-order valence-corrected chi connectivity index (χ3v) is 6.12. The van der Waals surface area contributed by atoms with E-state index in [9.17, 15) is 0 Å². The zero-order valence-corrected chi connectivity index (χ0v) is 15.0. The predicted octanol–water partition coefficient (Wildman–Crippen LogP) is 3.17. The Bertz CT molecular complexity index is 753. The van der Waals surface area contributed by atoms with Gasteiger partial charge in [-0.05, 0) is 59.5 Å². The summed E-state index contributed by atoms with van der Waals surface area (Å²) in [5, 5.41) is 2.49. The number of hydrogen-bond donors (Lipinski definition) is 0. The molecule has 0 unspecified atom stereocenters. The lowest BCUT2D eigenvalue weighted by Crippen LogP contribution is -2.22. The Morgan fingerprint density at radius 2 is 1.25 bits per heavy atom. The summed E-state index contributed by atoms with van der Waals surface area (Å²) in [6, 6.07) is 20.7. The van der Waals surface area contributed by atoms with E-state index in [1.807, 2.05) is 36.5 Å². The van der Waals surface area contributed by atoms with Crippen LogP contribution in [0.5, 0.6) is 11.5 Å². The highest BCUT2D eigenvalue weighted by molar-refractivity contribution is 7.79. The van der Waals surface area contributed by atoms with E-state index >= 15 is 0 Å². The summed E-state index contributed by atoms with van der Waals surface area (Å²) in [4.78, 5) is 4.64. The Balaban J connectivity index is 2.08. The van der Waals surface area contributed by atoms with Gasteiger partial charge in [-0.3, -0.25) is 4.98 Å². The Kier molecular flexibility index (Phi) is 5.12. The van der Waals surface area contributed by atoms with Gasteiger partial charge in [0.1, 0.15) is 11.5 Å². The van der Waals surface area contributed by atoms with E-state index in [2.05, 4.69) is 42.2 Å². The van der Waals surface area contributed by atoms with Crippen LogP contribution in [0.4, 0.5) is 0 Å². The second-order valence-electron chi connectivity index (χ2n) is 5.42. The number of methoxy groups -OCH3 is 2. The number of hydrogen-bond acceptors (Lipinski definition) is 3. The van der Waals surface area contributed by atoms with E-state index in [1.165, 1.54) is 16.2 Å². The van der Waals surface area contributed by atoms with E-state index < -0.39 is 7.92 Å². The molecule has 24 heavy (non-hydrogen) atoms. The molecule has 0 radical (unpaired) electrons. The second kappa shape index (κ2) is 7.46. The van der Waals surface area contributed by atoms with Crippen molar-refractivity contribution in [2.45, 2.75) is 6.92 Å². The Morgan fingerprint density at radius 3 is 1.67 bits per heavy atom. The van der Waals surface area contributed by atoms with Crippen molar-refractivity contribution in [3.05, 3.63) is 72.4 Å². The molecule has 2 aromatic carbocycles. The molecule has 0 aliphatic carbocycles. The van der Waals surface area contributed by atoms with Gasteiger partial charge in [0.25, 0.3) is 0 Å². The zero-order valence-electron chi connectivity index (χ0n) is 14.1. The highest BCUT2D eigenvalue weighted by atomic mass is 31.1. The third-order valence-electron chi connectivity index (χ3n) is 3.79. The van der Waals surface area contributed by atoms with Gasteiger partial charge in [-0.15, -0.1) is 0 Å². The molecule has 0 aliphatic heterocycles. The first-order chi connectivity index (χ1) is 11.7. The molecule has 122 valence electrons. The molecule has 3 nitrogen and oxygen atoms in total.